The van der Waals surface area contributed by atoms with Gasteiger partial charge in [0.1, 0.15) is 0 Å². The monoisotopic (exact) mass is 230 g/mol. The molecule has 0 aliphatic heterocycles. The molecule has 0 saturated heterocycles. The maximum Gasteiger partial charge on any atom is 0.165 e. The number of carbonyl (C=O) groups excluding carboxylic acids is 1. The van der Waals surface area contributed by atoms with Crippen LogP contribution in [0.3, 0.4) is 0 Å². The van der Waals surface area contributed by atoms with Gasteiger partial charge < -0.3 is 0 Å². The molecule has 1 aromatic rings. The molecule has 92 valence electrons. The van der Waals surface area contributed by atoms with E-state index in [0.717, 1.165) is 36.8 Å². The Morgan fingerprint density at radius 1 is 1.18 bits per heavy atom. The molecule has 0 aromatic heterocycles. The number of hydrogen-bond acceptors (Lipinski definition) is 1. The SMILES string of the molecule is C=Cc1ccc(C(=O)C(CCC)CCC)cc1. The lowest BCUT2D eigenvalue weighted by atomic mass is 9.89. The number of carbonyl (C=O) groups is 1. The molecule has 0 radical (unpaired) electrons. The van der Waals surface area contributed by atoms with Gasteiger partial charge in [-0.2, -0.15) is 0 Å². The van der Waals surface area contributed by atoms with Gasteiger partial charge in [0.2, 0.25) is 0 Å². The third-order valence-electron chi connectivity index (χ3n) is 3.08. The van der Waals surface area contributed by atoms with Crippen molar-refractivity contribution in [3.05, 3.63) is 42.0 Å². The molecule has 0 saturated carbocycles. The van der Waals surface area contributed by atoms with Crippen LogP contribution in [-0.2, 0) is 0 Å². The summed E-state index contributed by atoms with van der Waals surface area (Å²) in [6.07, 6.45) is 5.93. The van der Waals surface area contributed by atoms with Crippen molar-refractivity contribution in [3.63, 3.8) is 0 Å². The second kappa shape index (κ2) is 7.05. The van der Waals surface area contributed by atoms with Crippen molar-refractivity contribution in [2.45, 2.75) is 39.5 Å². The fourth-order valence-electron chi connectivity index (χ4n) is 2.12. The van der Waals surface area contributed by atoms with Crippen molar-refractivity contribution in [2.24, 2.45) is 5.92 Å². The molecule has 0 amide bonds. The van der Waals surface area contributed by atoms with Gasteiger partial charge in [-0.25, -0.2) is 0 Å². The summed E-state index contributed by atoms with van der Waals surface area (Å²) < 4.78 is 0. The predicted molar refractivity (Wildman–Crippen MR) is 74.2 cm³/mol. The third-order valence-corrected chi connectivity index (χ3v) is 3.08. The van der Waals surface area contributed by atoms with Crippen LogP contribution in [0.1, 0.15) is 55.5 Å². The predicted octanol–water partition coefficient (Wildman–Crippen LogP) is 4.73. The van der Waals surface area contributed by atoms with E-state index in [9.17, 15) is 4.79 Å². The van der Waals surface area contributed by atoms with Crippen LogP contribution in [0.4, 0.5) is 0 Å². The Hall–Kier alpha value is -1.37. The summed E-state index contributed by atoms with van der Waals surface area (Å²) in [6.45, 7) is 7.99. The first kappa shape index (κ1) is 13.7. The van der Waals surface area contributed by atoms with Crippen LogP contribution in [-0.4, -0.2) is 5.78 Å². The molecule has 0 atom stereocenters. The standard InChI is InChI=1S/C16H22O/c1-4-7-14(8-5-2)16(17)15-11-9-13(6-3)10-12-15/h6,9-12,14H,3-5,7-8H2,1-2H3. The van der Waals surface area contributed by atoms with Crippen LogP contribution >= 0.6 is 0 Å². The highest BCUT2D eigenvalue weighted by atomic mass is 16.1. The second-order valence-electron chi connectivity index (χ2n) is 4.46. The maximum atomic E-state index is 12.3. The number of benzene rings is 1. The van der Waals surface area contributed by atoms with Crippen LogP contribution in [0, 0.1) is 5.92 Å². The van der Waals surface area contributed by atoms with Crippen molar-refractivity contribution in [1.82, 2.24) is 0 Å². The Balaban J connectivity index is 2.80. The number of rotatable bonds is 7. The molecule has 1 nitrogen and oxygen atoms in total. The minimum atomic E-state index is 0.194. The first-order chi connectivity index (χ1) is 8.22. The normalized spacial score (nSPS) is 10.5. The molecule has 1 rings (SSSR count). The van der Waals surface area contributed by atoms with Gasteiger partial charge in [-0.1, -0.05) is 63.6 Å². The minimum absolute atomic E-state index is 0.194. The van der Waals surface area contributed by atoms with E-state index in [1.165, 1.54) is 0 Å². The van der Waals surface area contributed by atoms with Gasteiger partial charge in [0, 0.05) is 11.5 Å². The van der Waals surface area contributed by atoms with Crippen molar-refractivity contribution >= 4 is 11.9 Å². The lowest BCUT2D eigenvalue weighted by Gasteiger charge is -2.14. The molecule has 0 bridgehead atoms. The molecule has 1 heteroatoms. The average Bonchev–Trinajstić information content (AvgIpc) is 2.38. The molecule has 0 unspecified atom stereocenters. The first-order valence-corrected chi connectivity index (χ1v) is 6.49. The summed E-state index contributed by atoms with van der Waals surface area (Å²) in [5, 5.41) is 0. The summed E-state index contributed by atoms with van der Waals surface area (Å²) in [5.41, 5.74) is 1.89. The Labute approximate surface area is 105 Å². The number of hydrogen-bond donors (Lipinski definition) is 0. The van der Waals surface area contributed by atoms with Gasteiger partial charge in [-0.05, 0) is 18.4 Å². The molecule has 0 fully saturated rings. The van der Waals surface area contributed by atoms with Gasteiger partial charge in [-0.15, -0.1) is 0 Å². The minimum Gasteiger partial charge on any atom is -0.294 e. The average molecular weight is 230 g/mol. The van der Waals surface area contributed by atoms with Crippen LogP contribution in [0.2, 0.25) is 0 Å². The first-order valence-electron chi connectivity index (χ1n) is 6.49. The highest BCUT2D eigenvalue weighted by Gasteiger charge is 2.17. The highest BCUT2D eigenvalue weighted by Crippen LogP contribution is 2.20. The van der Waals surface area contributed by atoms with E-state index in [4.69, 9.17) is 0 Å². The highest BCUT2D eigenvalue weighted by molar-refractivity contribution is 5.97. The smallest absolute Gasteiger partial charge is 0.165 e. The van der Waals surface area contributed by atoms with E-state index < -0.39 is 0 Å². The summed E-state index contributed by atoms with van der Waals surface area (Å²) >= 11 is 0. The van der Waals surface area contributed by atoms with Gasteiger partial charge in [0.05, 0.1) is 0 Å². The Kier molecular flexibility index (Phi) is 5.68. The summed E-state index contributed by atoms with van der Waals surface area (Å²) in [7, 11) is 0. The van der Waals surface area contributed by atoms with Crippen LogP contribution in [0.15, 0.2) is 30.8 Å². The molecule has 0 spiro atoms. The van der Waals surface area contributed by atoms with Gasteiger partial charge in [-0.3, -0.25) is 4.79 Å². The lowest BCUT2D eigenvalue weighted by Crippen LogP contribution is -2.14. The Morgan fingerprint density at radius 2 is 1.71 bits per heavy atom. The molecule has 1 aromatic carbocycles. The largest absolute Gasteiger partial charge is 0.294 e. The van der Waals surface area contributed by atoms with E-state index in [1.807, 2.05) is 24.3 Å². The molecular formula is C16H22O. The second-order valence-corrected chi connectivity index (χ2v) is 4.46. The molecule has 0 aliphatic carbocycles. The third kappa shape index (κ3) is 3.85. The van der Waals surface area contributed by atoms with Crippen LogP contribution < -0.4 is 0 Å². The molecule has 17 heavy (non-hydrogen) atoms. The zero-order valence-corrected chi connectivity index (χ0v) is 10.9. The Bertz CT molecular complexity index is 356. The number of Topliss-reactive ketones (excluding diaryl/α,β-unsaturated/α-hetero) is 1. The molecule has 0 aliphatic rings. The van der Waals surface area contributed by atoms with Crippen molar-refractivity contribution < 1.29 is 4.79 Å². The van der Waals surface area contributed by atoms with Gasteiger partial charge in [0.15, 0.2) is 5.78 Å². The Morgan fingerprint density at radius 3 is 2.12 bits per heavy atom. The van der Waals surface area contributed by atoms with E-state index >= 15 is 0 Å². The van der Waals surface area contributed by atoms with E-state index in [0.29, 0.717) is 5.78 Å². The summed E-state index contributed by atoms with van der Waals surface area (Å²) in [6, 6.07) is 7.74. The van der Waals surface area contributed by atoms with E-state index in [2.05, 4.69) is 20.4 Å². The van der Waals surface area contributed by atoms with Crippen LogP contribution in [0.5, 0.6) is 0 Å². The van der Waals surface area contributed by atoms with Gasteiger partial charge >= 0.3 is 0 Å². The molecule has 0 heterocycles. The lowest BCUT2D eigenvalue weighted by molar-refractivity contribution is 0.0905. The number of ketones is 1. The fourth-order valence-corrected chi connectivity index (χ4v) is 2.12. The molecule has 0 N–H and O–H groups in total. The van der Waals surface area contributed by atoms with Crippen molar-refractivity contribution in [2.75, 3.05) is 0 Å². The zero-order chi connectivity index (χ0) is 12.7. The quantitative estimate of drug-likeness (QED) is 0.619. The zero-order valence-electron chi connectivity index (χ0n) is 10.9. The topological polar surface area (TPSA) is 17.1 Å². The maximum absolute atomic E-state index is 12.3. The van der Waals surface area contributed by atoms with Gasteiger partial charge in [0.25, 0.3) is 0 Å². The molecular weight excluding hydrogens is 208 g/mol. The fraction of sp³-hybridized carbons (Fsp3) is 0.438. The summed E-state index contributed by atoms with van der Waals surface area (Å²) in [4.78, 5) is 12.3. The van der Waals surface area contributed by atoms with Crippen molar-refractivity contribution in [1.29, 1.82) is 0 Å². The summed E-state index contributed by atoms with van der Waals surface area (Å²) in [5.74, 6) is 0.490. The van der Waals surface area contributed by atoms with E-state index in [-0.39, 0.29) is 5.92 Å². The van der Waals surface area contributed by atoms with E-state index in [1.54, 1.807) is 6.08 Å². The van der Waals surface area contributed by atoms with Crippen LogP contribution in [0.25, 0.3) is 6.08 Å². The van der Waals surface area contributed by atoms with Crippen molar-refractivity contribution in [3.8, 4) is 0 Å².